The number of methoxy groups -OCH3 is 1. The van der Waals surface area contributed by atoms with Crippen LogP contribution in [0.25, 0.3) is 0 Å². The first kappa shape index (κ1) is 12.3. The number of pyridine rings is 1. The van der Waals surface area contributed by atoms with Crippen LogP contribution in [0.5, 0.6) is 0 Å². The number of rotatable bonds is 2. The lowest BCUT2D eigenvalue weighted by molar-refractivity contribution is -0.142. The Morgan fingerprint density at radius 3 is 2.56 bits per heavy atom. The summed E-state index contributed by atoms with van der Waals surface area (Å²) in [5.74, 6) is -0.790. The number of carbonyl (C=O) groups excluding carboxylic acids is 1. The van der Waals surface area contributed by atoms with Crippen molar-refractivity contribution in [3.63, 3.8) is 0 Å². The molecular formula is C9H8F3NO3. The van der Waals surface area contributed by atoms with Crippen molar-refractivity contribution in [2.24, 2.45) is 0 Å². The third-order valence-electron chi connectivity index (χ3n) is 1.84. The van der Waals surface area contributed by atoms with E-state index in [1.807, 2.05) is 0 Å². The third kappa shape index (κ3) is 2.85. The minimum Gasteiger partial charge on any atom is -0.468 e. The molecular weight excluding hydrogens is 227 g/mol. The van der Waals surface area contributed by atoms with Crippen molar-refractivity contribution in [3.8, 4) is 0 Å². The molecule has 1 heterocycles. The fourth-order valence-electron chi connectivity index (χ4n) is 1.03. The van der Waals surface area contributed by atoms with E-state index in [0.717, 1.165) is 13.2 Å². The van der Waals surface area contributed by atoms with Gasteiger partial charge in [-0.3, -0.25) is 9.59 Å². The van der Waals surface area contributed by atoms with Gasteiger partial charge in [0, 0.05) is 12.3 Å². The lowest BCUT2D eigenvalue weighted by atomic mass is 10.3. The summed E-state index contributed by atoms with van der Waals surface area (Å²) in [4.78, 5) is 22.0. The molecule has 0 aromatic carbocycles. The maximum atomic E-state index is 12.3. The number of hydrogen-bond donors (Lipinski definition) is 0. The zero-order valence-electron chi connectivity index (χ0n) is 8.25. The molecule has 0 saturated carbocycles. The summed E-state index contributed by atoms with van der Waals surface area (Å²) in [6, 6.07) is 1.42. The number of hydrogen-bond acceptors (Lipinski definition) is 3. The molecule has 0 atom stereocenters. The van der Waals surface area contributed by atoms with Crippen molar-refractivity contribution >= 4 is 5.97 Å². The van der Waals surface area contributed by atoms with Gasteiger partial charge in [-0.25, -0.2) is 0 Å². The van der Waals surface area contributed by atoms with Gasteiger partial charge in [0.05, 0.1) is 12.7 Å². The molecule has 88 valence electrons. The predicted molar refractivity (Wildman–Crippen MR) is 47.7 cm³/mol. The van der Waals surface area contributed by atoms with Crippen LogP contribution in [0.2, 0.25) is 0 Å². The average Bonchev–Trinajstić information content (AvgIpc) is 2.19. The summed E-state index contributed by atoms with van der Waals surface area (Å²) in [5, 5.41) is 0. The molecule has 7 heteroatoms. The Kier molecular flexibility index (Phi) is 3.36. The highest BCUT2D eigenvalue weighted by atomic mass is 19.4. The number of ether oxygens (including phenoxy) is 1. The maximum Gasteiger partial charge on any atom is 0.417 e. The topological polar surface area (TPSA) is 48.3 Å². The second kappa shape index (κ2) is 4.38. The minimum atomic E-state index is -4.55. The van der Waals surface area contributed by atoms with Crippen LogP contribution in [-0.4, -0.2) is 17.6 Å². The lowest BCUT2D eigenvalue weighted by Crippen LogP contribution is -2.25. The highest BCUT2D eigenvalue weighted by molar-refractivity contribution is 5.68. The number of aromatic nitrogens is 1. The van der Waals surface area contributed by atoms with Crippen LogP contribution in [0.3, 0.4) is 0 Å². The van der Waals surface area contributed by atoms with Crippen LogP contribution in [-0.2, 0) is 22.3 Å². The van der Waals surface area contributed by atoms with E-state index in [0.29, 0.717) is 16.8 Å². The molecule has 0 spiro atoms. The second-order valence-corrected chi connectivity index (χ2v) is 2.96. The smallest absolute Gasteiger partial charge is 0.417 e. The van der Waals surface area contributed by atoms with Gasteiger partial charge in [-0.1, -0.05) is 0 Å². The Hall–Kier alpha value is -1.79. The zero-order chi connectivity index (χ0) is 12.3. The van der Waals surface area contributed by atoms with E-state index in [2.05, 4.69) is 4.74 Å². The number of carbonyl (C=O) groups is 1. The van der Waals surface area contributed by atoms with E-state index >= 15 is 0 Å². The van der Waals surface area contributed by atoms with E-state index < -0.39 is 29.8 Å². The first-order chi connectivity index (χ1) is 7.34. The van der Waals surface area contributed by atoms with E-state index in [9.17, 15) is 22.8 Å². The summed E-state index contributed by atoms with van der Waals surface area (Å²) >= 11 is 0. The molecule has 0 aliphatic heterocycles. The zero-order valence-corrected chi connectivity index (χ0v) is 8.25. The van der Waals surface area contributed by atoms with E-state index in [-0.39, 0.29) is 0 Å². The second-order valence-electron chi connectivity index (χ2n) is 2.96. The SMILES string of the molecule is COC(=O)Cn1cc(C(F)(F)F)ccc1=O. The normalized spacial score (nSPS) is 11.2. The van der Waals surface area contributed by atoms with Crippen molar-refractivity contribution in [2.75, 3.05) is 7.11 Å². The maximum absolute atomic E-state index is 12.3. The minimum absolute atomic E-state index is 0.542. The van der Waals surface area contributed by atoms with Crippen LogP contribution in [0, 0.1) is 0 Å². The van der Waals surface area contributed by atoms with E-state index in [4.69, 9.17) is 0 Å². The van der Waals surface area contributed by atoms with Crippen LogP contribution in [0.15, 0.2) is 23.1 Å². The van der Waals surface area contributed by atoms with Gasteiger partial charge in [0.25, 0.3) is 5.56 Å². The molecule has 0 saturated heterocycles. The molecule has 0 aliphatic rings. The molecule has 0 bridgehead atoms. The van der Waals surface area contributed by atoms with E-state index in [1.165, 1.54) is 0 Å². The standard InChI is InChI=1S/C9H8F3NO3/c1-16-8(15)5-13-4-6(9(10,11)12)2-3-7(13)14/h2-4H,5H2,1H3. The summed E-state index contributed by atoms with van der Waals surface area (Å²) in [5.41, 5.74) is -1.69. The number of halogens is 3. The van der Waals surface area contributed by atoms with E-state index in [1.54, 1.807) is 0 Å². The lowest BCUT2D eigenvalue weighted by Gasteiger charge is -2.09. The monoisotopic (exact) mass is 235 g/mol. The number of alkyl halides is 3. The first-order valence-electron chi connectivity index (χ1n) is 4.19. The average molecular weight is 235 g/mol. The van der Waals surface area contributed by atoms with Crippen LogP contribution in [0.4, 0.5) is 13.2 Å². The Balaban J connectivity index is 3.09. The predicted octanol–water partition coefficient (Wildman–Crippen LogP) is 1.04. The van der Waals surface area contributed by atoms with Crippen molar-refractivity contribution in [3.05, 3.63) is 34.2 Å². The molecule has 1 rings (SSSR count). The van der Waals surface area contributed by atoms with Gasteiger partial charge >= 0.3 is 12.1 Å². The Labute approximate surface area is 88.3 Å². The van der Waals surface area contributed by atoms with Crippen LogP contribution in [0.1, 0.15) is 5.56 Å². The molecule has 1 aromatic rings. The Bertz CT molecular complexity index is 450. The molecule has 0 unspecified atom stereocenters. The van der Waals surface area contributed by atoms with Crippen LogP contribution < -0.4 is 5.56 Å². The highest BCUT2D eigenvalue weighted by Crippen LogP contribution is 2.27. The summed E-state index contributed by atoms with van der Waals surface area (Å²) in [7, 11) is 1.08. The largest absolute Gasteiger partial charge is 0.468 e. The molecule has 0 amide bonds. The Morgan fingerprint density at radius 2 is 2.06 bits per heavy atom. The quantitative estimate of drug-likeness (QED) is 0.719. The molecule has 0 N–H and O–H groups in total. The van der Waals surface area contributed by atoms with Crippen molar-refractivity contribution in [1.82, 2.24) is 4.57 Å². The van der Waals surface area contributed by atoms with Gasteiger partial charge in [0.2, 0.25) is 0 Å². The molecule has 0 aliphatic carbocycles. The third-order valence-corrected chi connectivity index (χ3v) is 1.84. The first-order valence-corrected chi connectivity index (χ1v) is 4.19. The van der Waals surface area contributed by atoms with Crippen LogP contribution >= 0.6 is 0 Å². The number of nitrogens with zero attached hydrogens (tertiary/aromatic N) is 1. The summed E-state index contributed by atoms with van der Waals surface area (Å²) in [6.45, 7) is -0.542. The molecule has 0 fully saturated rings. The molecule has 16 heavy (non-hydrogen) atoms. The summed E-state index contributed by atoms with van der Waals surface area (Å²) in [6.07, 6.45) is -3.97. The van der Waals surface area contributed by atoms with Gasteiger partial charge < -0.3 is 9.30 Å². The van der Waals surface area contributed by atoms with Gasteiger partial charge in [-0.05, 0) is 6.07 Å². The van der Waals surface area contributed by atoms with Crippen molar-refractivity contribution < 1.29 is 22.7 Å². The van der Waals surface area contributed by atoms with Gasteiger partial charge in [-0.2, -0.15) is 13.2 Å². The highest BCUT2D eigenvalue weighted by Gasteiger charge is 2.31. The number of esters is 1. The van der Waals surface area contributed by atoms with Gasteiger partial charge in [0.15, 0.2) is 0 Å². The molecule has 4 nitrogen and oxygen atoms in total. The fraction of sp³-hybridized carbons (Fsp3) is 0.333. The van der Waals surface area contributed by atoms with Crippen molar-refractivity contribution in [2.45, 2.75) is 12.7 Å². The van der Waals surface area contributed by atoms with Crippen molar-refractivity contribution in [1.29, 1.82) is 0 Å². The fourth-order valence-corrected chi connectivity index (χ4v) is 1.03. The Morgan fingerprint density at radius 1 is 1.44 bits per heavy atom. The molecule has 0 radical (unpaired) electrons. The molecule has 1 aromatic heterocycles. The van der Waals surface area contributed by atoms with Gasteiger partial charge in [-0.15, -0.1) is 0 Å². The summed E-state index contributed by atoms with van der Waals surface area (Å²) < 4.78 is 41.8. The van der Waals surface area contributed by atoms with Gasteiger partial charge in [0.1, 0.15) is 6.54 Å².